The lowest BCUT2D eigenvalue weighted by Crippen LogP contribution is -2.61. The Labute approximate surface area is 405 Å². The lowest BCUT2D eigenvalue weighted by atomic mass is 9.78. The van der Waals surface area contributed by atoms with E-state index in [1.54, 1.807) is 41.1 Å². The van der Waals surface area contributed by atoms with Crippen LogP contribution < -0.4 is 0 Å². The Morgan fingerprint density at radius 2 is 1.59 bits per heavy atom. The quantitative estimate of drug-likeness (QED) is 0.134. The maximum atomic E-state index is 14.5. The smallest absolute Gasteiger partial charge is 0.329 e. The standard InChI is InChI=1S/C53H83NO14/c1-32-16-12-11-13-17-33(2)44(63-8)30-40-21-19-38(7)53(62,68-40)50(59)51(60)54-23-15-14-18-41(54)52(61)67-45(35(4)28-39-20-22-43(66-25-24-55)46(29-39)64-9)31-42(56)34(3)27-37(6)48(58)49(65-10)47(57)36(5)26-32/h11-13,16-17,27,32,34-36,38-41,43-46,48-49,55,58,62H,14-15,18-26,28-31H2,1-10H3/b13-11+,16-12+,33-17+,37-27+/t32-,34+,35-,36-,38-,39-,40+,41+,43+,44-,45?,46+,48+,49-,53-/m0/s1. The van der Waals surface area contributed by atoms with E-state index < -0.39 is 77.8 Å². The largest absolute Gasteiger partial charge is 0.460 e. The molecule has 15 nitrogen and oxygen atoms in total. The van der Waals surface area contributed by atoms with Crippen LogP contribution in [0.1, 0.15) is 126 Å². The number of cyclic esters (lactones) is 1. The second kappa shape index (κ2) is 27.3. The summed E-state index contributed by atoms with van der Waals surface area (Å²) in [5.41, 5.74) is 1.26. The Morgan fingerprint density at radius 1 is 0.853 bits per heavy atom. The number of fused-ring (bicyclic) bond motifs is 3. The number of rotatable bonds is 9. The third-order valence-electron chi connectivity index (χ3n) is 14.9. The maximum Gasteiger partial charge on any atom is 0.329 e. The summed E-state index contributed by atoms with van der Waals surface area (Å²) in [6.45, 7) is 12.9. The number of ether oxygens (including phenoxy) is 6. The Balaban J connectivity index is 1.70. The van der Waals surface area contributed by atoms with Crippen LogP contribution in [-0.2, 0) is 52.4 Å². The highest BCUT2D eigenvalue weighted by molar-refractivity contribution is 6.39. The van der Waals surface area contributed by atoms with Gasteiger partial charge in [-0.05, 0) is 107 Å². The number of allylic oxidation sites excluding steroid dienone is 6. The fraction of sp³-hybridized carbons (Fsp3) is 0.755. The number of piperidine rings is 1. The highest BCUT2D eigenvalue weighted by atomic mass is 16.6. The van der Waals surface area contributed by atoms with Gasteiger partial charge in [-0.2, -0.15) is 0 Å². The van der Waals surface area contributed by atoms with E-state index >= 15 is 0 Å². The highest BCUT2D eigenvalue weighted by Gasteiger charge is 2.53. The Kier molecular flexibility index (Phi) is 22.9. The third kappa shape index (κ3) is 15.3. The summed E-state index contributed by atoms with van der Waals surface area (Å²) in [5, 5.41) is 32.8. The summed E-state index contributed by atoms with van der Waals surface area (Å²) in [6, 6.07) is -1.14. The van der Waals surface area contributed by atoms with E-state index in [1.165, 1.54) is 12.0 Å². The number of esters is 1. The zero-order valence-electron chi connectivity index (χ0n) is 42.4. The number of methoxy groups -OCH3 is 3. The molecule has 3 aliphatic heterocycles. The van der Waals surface area contributed by atoms with Crippen molar-refractivity contribution >= 4 is 29.2 Å². The lowest BCUT2D eigenvalue weighted by molar-refractivity contribution is -0.265. The molecule has 1 aliphatic carbocycles. The number of carbonyl (C=O) groups is 5. The van der Waals surface area contributed by atoms with Crippen molar-refractivity contribution in [2.24, 2.45) is 35.5 Å². The average molecular weight is 958 g/mol. The molecule has 0 aromatic heterocycles. The number of aliphatic hydroxyl groups excluding tert-OH is 2. The van der Waals surface area contributed by atoms with Crippen LogP contribution in [0, 0.1) is 35.5 Å². The van der Waals surface area contributed by atoms with Gasteiger partial charge in [-0.15, -0.1) is 0 Å². The summed E-state index contributed by atoms with van der Waals surface area (Å²) < 4.78 is 35.6. The normalized spacial score (nSPS) is 39.2. The van der Waals surface area contributed by atoms with Crippen molar-refractivity contribution in [1.29, 1.82) is 0 Å². The molecule has 2 bridgehead atoms. The van der Waals surface area contributed by atoms with E-state index in [2.05, 4.69) is 0 Å². The molecule has 15 heteroatoms. The molecule has 3 N–H and O–H groups in total. The maximum absolute atomic E-state index is 14.5. The van der Waals surface area contributed by atoms with Crippen LogP contribution in [0.3, 0.4) is 0 Å². The minimum absolute atomic E-state index is 0.0158. The van der Waals surface area contributed by atoms with Gasteiger partial charge in [0.25, 0.3) is 11.7 Å². The monoisotopic (exact) mass is 958 g/mol. The highest BCUT2D eigenvalue weighted by Crippen LogP contribution is 2.38. The van der Waals surface area contributed by atoms with Crippen LogP contribution >= 0.6 is 0 Å². The Bertz CT molecular complexity index is 1810. The first-order valence-electron chi connectivity index (χ1n) is 25.0. The van der Waals surface area contributed by atoms with Crippen LogP contribution in [0.15, 0.2) is 47.6 Å². The summed E-state index contributed by atoms with van der Waals surface area (Å²) in [4.78, 5) is 72.1. The van der Waals surface area contributed by atoms with Crippen molar-refractivity contribution in [1.82, 2.24) is 4.90 Å². The average Bonchev–Trinajstić information content (AvgIpc) is 3.32. The summed E-state index contributed by atoms with van der Waals surface area (Å²) in [5.74, 6) is -7.96. The molecule has 3 heterocycles. The van der Waals surface area contributed by atoms with E-state index in [0.29, 0.717) is 63.4 Å². The number of Topliss-reactive ketones (excluding diaryl/α,β-unsaturated/α-hetero) is 3. The molecule has 4 rings (SSSR count). The molecular formula is C53H83NO14. The van der Waals surface area contributed by atoms with E-state index in [1.807, 2.05) is 58.1 Å². The van der Waals surface area contributed by atoms with Crippen molar-refractivity contribution in [3.05, 3.63) is 47.6 Å². The zero-order chi connectivity index (χ0) is 50.3. The van der Waals surface area contributed by atoms with E-state index in [4.69, 9.17) is 28.4 Å². The second-order valence-electron chi connectivity index (χ2n) is 20.2. The van der Waals surface area contributed by atoms with Crippen LogP contribution in [0.4, 0.5) is 0 Å². The van der Waals surface area contributed by atoms with Crippen molar-refractivity contribution < 1.29 is 67.7 Å². The third-order valence-corrected chi connectivity index (χ3v) is 14.9. The number of amides is 1. The topological polar surface area (TPSA) is 205 Å². The molecule has 68 heavy (non-hydrogen) atoms. The first-order valence-corrected chi connectivity index (χ1v) is 25.0. The van der Waals surface area contributed by atoms with Crippen molar-refractivity contribution in [3.63, 3.8) is 0 Å². The van der Waals surface area contributed by atoms with Crippen LogP contribution in [0.25, 0.3) is 0 Å². The Morgan fingerprint density at radius 3 is 2.26 bits per heavy atom. The minimum atomic E-state index is -2.43. The predicted octanol–water partition coefficient (Wildman–Crippen LogP) is 6.20. The molecule has 4 aliphatic rings. The lowest BCUT2D eigenvalue weighted by Gasteiger charge is -2.42. The van der Waals surface area contributed by atoms with Crippen LogP contribution in [0.2, 0.25) is 0 Å². The number of hydrogen-bond donors (Lipinski definition) is 3. The molecule has 1 unspecified atom stereocenters. The molecule has 384 valence electrons. The Hall–Kier alpha value is -3.41. The van der Waals surface area contributed by atoms with Gasteiger partial charge in [0.05, 0.1) is 37.6 Å². The summed E-state index contributed by atoms with van der Waals surface area (Å²) in [6.07, 6.45) is 12.0. The number of ketones is 3. The first kappa shape index (κ1) is 57.2. The predicted molar refractivity (Wildman–Crippen MR) is 256 cm³/mol. The number of aliphatic hydroxyl groups is 3. The SMILES string of the molecule is CO[C@H]1C[C@H]2CC[C@H](C)[C@](O)(O2)C(=O)C(=O)N2CCCC[C@@H]2C(=O)OC([C@@H](C)C[C@@H]2CC[C@@H](OCCO)[C@H](OC)C2)CC(=O)[C@H](C)/C=C(\C)[C@@H](O)[C@@H](OC)C(=O)[C@@H](C)C[C@@H](C)/C=C/C=C/C=C/1C. The fourth-order valence-corrected chi connectivity index (χ4v) is 10.5. The number of nitrogens with zero attached hydrogens (tertiary/aromatic N) is 1. The molecular weight excluding hydrogens is 875 g/mol. The van der Waals surface area contributed by atoms with Gasteiger partial charge >= 0.3 is 5.97 Å². The van der Waals surface area contributed by atoms with Gasteiger partial charge < -0.3 is 48.6 Å². The number of hydrogen-bond acceptors (Lipinski definition) is 14. The second-order valence-corrected chi connectivity index (χ2v) is 20.2. The van der Waals surface area contributed by atoms with Crippen molar-refractivity contribution in [2.75, 3.05) is 41.1 Å². The molecule has 0 radical (unpaired) electrons. The van der Waals surface area contributed by atoms with Gasteiger partial charge in [0.2, 0.25) is 5.79 Å². The molecule has 1 amide bonds. The molecule has 0 aromatic rings. The molecule has 15 atom stereocenters. The van der Waals surface area contributed by atoms with Gasteiger partial charge in [0, 0.05) is 58.5 Å². The van der Waals surface area contributed by atoms with Gasteiger partial charge in [0.15, 0.2) is 5.78 Å². The van der Waals surface area contributed by atoms with Gasteiger partial charge in [-0.1, -0.05) is 71.1 Å². The number of carbonyl (C=O) groups excluding carboxylic acids is 5. The van der Waals surface area contributed by atoms with E-state index in [0.717, 1.165) is 12.0 Å². The van der Waals surface area contributed by atoms with E-state index in [-0.39, 0.29) is 74.1 Å². The fourth-order valence-electron chi connectivity index (χ4n) is 10.5. The summed E-state index contributed by atoms with van der Waals surface area (Å²) >= 11 is 0. The van der Waals surface area contributed by atoms with Gasteiger partial charge in [0.1, 0.15) is 30.1 Å². The molecule has 0 spiro atoms. The molecule has 2 saturated heterocycles. The molecule has 1 saturated carbocycles. The van der Waals surface area contributed by atoms with Gasteiger partial charge in [-0.3, -0.25) is 19.2 Å². The van der Waals surface area contributed by atoms with E-state index in [9.17, 15) is 39.3 Å². The van der Waals surface area contributed by atoms with Crippen LogP contribution in [0.5, 0.6) is 0 Å². The minimum Gasteiger partial charge on any atom is -0.460 e. The van der Waals surface area contributed by atoms with Crippen molar-refractivity contribution in [2.45, 2.75) is 180 Å². The van der Waals surface area contributed by atoms with Crippen LogP contribution in [-0.4, -0.2) is 145 Å². The van der Waals surface area contributed by atoms with Gasteiger partial charge in [-0.25, -0.2) is 4.79 Å². The van der Waals surface area contributed by atoms with Crippen molar-refractivity contribution in [3.8, 4) is 0 Å². The zero-order valence-corrected chi connectivity index (χ0v) is 42.4. The first-order chi connectivity index (χ1) is 32.3. The molecule has 3 fully saturated rings. The summed E-state index contributed by atoms with van der Waals surface area (Å²) in [7, 11) is 4.58. The molecule has 0 aromatic carbocycles.